The van der Waals surface area contributed by atoms with Gasteiger partial charge in [-0.15, -0.1) is 6.58 Å². The molecule has 2 heteroatoms. The van der Waals surface area contributed by atoms with E-state index in [1.54, 1.807) is 6.07 Å². The number of allylic oxidation sites excluding steroid dienone is 1. The van der Waals surface area contributed by atoms with E-state index in [4.69, 9.17) is 0 Å². The van der Waals surface area contributed by atoms with Crippen LogP contribution in [-0.4, -0.2) is 30.6 Å². The van der Waals surface area contributed by atoms with Gasteiger partial charge in [0.15, 0.2) is 0 Å². The van der Waals surface area contributed by atoms with Crippen LogP contribution >= 0.6 is 0 Å². The van der Waals surface area contributed by atoms with Gasteiger partial charge in [-0.05, 0) is 37.7 Å². The fourth-order valence-corrected chi connectivity index (χ4v) is 2.12. The number of phenols is 1. The van der Waals surface area contributed by atoms with Gasteiger partial charge in [0, 0.05) is 12.5 Å². The van der Waals surface area contributed by atoms with Gasteiger partial charge in [0.2, 0.25) is 0 Å². The summed E-state index contributed by atoms with van der Waals surface area (Å²) in [5.74, 6) is 1.09. The average molecular weight is 219 g/mol. The van der Waals surface area contributed by atoms with E-state index in [0.29, 0.717) is 11.7 Å². The lowest BCUT2D eigenvalue weighted by molar-refractivity contribution is 0.323. The molecular weight excluding hydrogens is 198 g/mol. The van der Waals surface area contributed by atoms with Crippen molar-refractivity contribution in [2.45, 2.75) is 12.8 Å². The zero-order valence-electron chi connectivity index (χ0n) is 10.4. The molecule has 1 rings (SSSR count). The molecule has 0 saturated heterocycles. The Morgan fingerprint density at radius 1 is 1.44 bits per heavy atom. The summed E-state index contributed by atoms with van der Waals surface area (Å²) >= 11 is 0. The highest BCUT2D eigenvalue weighted by Gasteiger charge is 2.16. The summed E-state index contributed by atoms with van der Waals surface area (Å²) in [4.78, 5) is 2.17. The Morgan fingerprint density at radius 3 is 2.62 bits per heavy atom. The van der Waals surface area contributed by atoms with Gasteiger partial charge in [-0.1, -0.05) is 25.1 Å². The second kappa shape index (κ2) is 5.71. The molecule has 0 heterocycles. The van der Waals surface area contributed by atoms with E-state index in [0.717, 1.165) is 12.1 Å². The molecule has 0 amide bonds. The summed E-state index contributed by atoms with van der Waals surface area (Å²) in [5, 5.41) is 9.48. The number of benzene rings is 1. The van der Waals surface area contributed by atoms with Crippen LogP contribution in [0.15, 0.2) is 36.9 Å². The maximum atomic E-state index is 9.48. The maximum absolute atomic E-state index is 9.48. The highest BCUT2D eigenvalue weighted by atomic mass is 16.3. The van der Waals surface area contributed by atoms with Crippen LogP contribution in [0, 0.1) is 5.92 Å². The molecule has 0 fully saturated rings. The Hall–Kier alpha value is -1.28. The van der Waals surface area contributed by atoms with Gasteiger partial charge in [-0.25, -0.2) is 0 Å². The lowest BCUT2D eigenvalue weighted by Crippen LogP contribution is -2.23. The van der Waals surface area contributed by atoms with E-state index in [1.165, 1.54) is 0 Å². The summed E-state index contributed by atoms with van der Waals surface area (Å²) in [6.45, 7) is 7.11. The Balaban J connectivity index is 2.85. The molecule has 0 aliphatic rings. The Kier molecular flexibility index (Phi) is 4.56. The molecule has 88 valence electrons. The topological polar surface area (TPSA) is 23.5 Å². The van der Waals surface area contributed by atoms with E-state index in [-0.39, 0.29) is 5.92 Å². The summed E-state index contributed by atoms with van der Waals surface area (Å²) in [6, 6.07) is 7.43. The zero-order valence-corrected chi connectivity index (χ0v) is 10.4. The van der Waals surface area contributed by atoms with Crippen molar-refractivity contribution in [2.75, 3.05) is 20.6 Å². The summed E-state index contributed by atoms with van der Waals surface area (Å²) < 4.78 is 0. The van der Waals surface area contributed by atoms with E-state index >= 15 is 0 Å². The van der Waals surface area contributed by atoms with Gasteiger partial charge < -0.3 is 10.0 Å². The first-order valence-corrected chi connectivity index (χ1v) is 5.60. The zero-order chi connectivity index (χ0) is 12.1. The third-order valence-electron chi connectivity index (χ3n) is 2.78. The molecule has 0 aliphatic heterocycles. The van der Waals surface area contributed by atoms with E-state index < -0.39 is 0 Å². The van der Waals surface area contributed by atoms with Crippen LogP contribution in [0.3, 0.4) is 0 Å². The third kappa shape index (κ3) is 3.38. The minimum Gasteiger partial charge on any atom is -0.508 e. The van der Waals surface area contributed by atoms with E-state index in [1.807, 2.05) is 24.3 Å². The van der Waals surface area contributed by atoms with Crippen LogP contribution < -0.4 is 0 Å². The van der Waals surface area contributed by atoms with Crippen LogP contribution in [0.25, 0.3) is 0 Å². The molecule has 2 unspecified atom stereocenters. The van der Waals surface area contributed by atoms with Crippen molar-refractivity contribution in [3.8, 4) is 5.75 Å². The Labute approximate surface area is 98.2 Å². The summed E-state index contributed by atoms with van der Waals surface area (Å²) in [7, 11) is 4.14. The number of hydrogen-bond donors (Lipinski definition) is 1. The highest BCUT2D eigenvalue weighted by molar-refractivity contribution is 5.32. The predicted octanol–water partition coefficient (Wildman–Crippen LogP) is 2.86. The van der Waals surface area contributed by atoms with Crippen molar-refractivity contribution in [3.63, 3.8) is 0 Å². The normalized spacial score (nSPS) is 14.8. The molecule has 0 aromatic heterocycles. The van der Waals surface area contributed by atoms with Crippen molar-refractivity contribution >= 4 is 0 Å². The molecule has 1 aromatic rings. The molecule has 16 heavy (non-hydrogen) atoms. The fourth-order valence-electron chi connectivity index (χ4n) is 2.12. The summed E-state index contributed by atoms with van der Waals surface area (Å²) in [5.41, 5.74) is 1.13. The number of phenolic OH excluding ortho intramolecular Hbond substituents is 1. The van der Waals surface area contributed by atoms with E-state index in [9.17, 15) is 5.11 Å². The second-order valence-corrected chi connectivity index (χ2v) is 4.60. The molecule has 0 spiro atoms. The molecule has 0 saturated carbocycles. The quantitative estimate of drug-likeness (QED) is 0.770. The number of rotatable bonds is 5. The number of hydrogen-bond acceptors (Lipinski definition) is 2. The molecule has 1 aromatic carbocycles. The SMILES string of the molecule is C=CC(c1cccc(O)c1)C(C)CN(C)C. The van der Waals surface area contributed by atoms with Gasteiger partial charge in [-0.2, -0.15) is 0 Å². The second-order valence-electron chi connectivity index (χ2n) is 4.60. The van der Waals surface area contributed by atoms with Crippen LogP contribution in [0.1, 0.15) is 18.4 Å². The smallest absolute Gasteiger partial charge is 0.115 e. The molecule has 1 N–H and O–H groups in total. The van der Waals surface area contributed by atoms with Crippen LogP contribution in [0.4, 0.5) is 0 Å². The first-order chi connectivity index (χ1) is 7.54. The Morgan fingerprint density at radius 2 is 2.12 bits per heavy atom. The molecule has 0 aliphatic carbocycles. The fraction of sp³-hybridized carbons (Fsp3) is 0.429. The van der Waals surface area contributed by atoms with Crippen LogP contribution in [-0.2, 0) is 0 Å². The van der Waals surface area contributed by atoms with Gasteiger partial charge in [0.1, 0.15) is 5.75 Å². The standard InChI is InChI=1S/C14H21NO/c1-5-14(11(2)10-15(3)4)12-7-6-8-13(16)9-12/h5-9,11,14,16H,1,10H2,2-4H3. The first-order valence-electron chi connectivity index (χ1n) is 5.60. The first kappa shape index (κ1) is 12.8. The molecule has 2 atom stereocenters. The van der Waals surface area contributed by atoms with Crippen molar-refractivity contribution in [1.82, 2.24) is 4.90 Å². The predicted molar refractivity (Wildman–Crippen MR) is 68.8 cm³/mol. The molecule has 0 bridgehead atoms. The number of aromatic hydroxyl groups is 1. The van der Waals surface area contributed by atoms with Crippen LogP contribution in [0.2, 0.25) is 0 Å². The van der Waals surface area contributed by atoms with Gasteiger partial charge in [-0.3, -0.25) is 0 Å². The van der Waals surface area contributed by atoms with Gasteiger partial charge in [0.25, 0.3) is 0 Å². The lowest BCUT2D eigenvalue weighted by Gasteiger charge is -2.24. The lowest BCUT2D eigenvalue weighted by atomic mass is 9.87. The Bertz CT molecular complexity index is 346. The third-order valence-corrected chi connectivity index (χ3v) is 2.78. The highest BCUT2D eigenvalue weighted by Crippen LogP contribution is 2.28. The van der Waals surface area contributed by atoms with Gasteiger partial charge in [0.05, 0.1) is 0 Å². The van der Waals surface area contributed by atoms with Crippen molar-refractivity contribution in [1.29, 1.82) is 0 Å². The van der Waals surface area contributed by atoms with Crippen molar-refractivity contribution in [3.05, 3.63) is 42.5 Å². The maximum Gasteiger partial charge on any atom is 0.115 e. The van der Waals surface area contributed by atoms with Crippen molar-refractivity contribution < 1.29 is 5.11 Å². The largest absolute Gasteiger partial charge is 0.508 e. The van der Waals surface area contributed by atoms with E-state index in [2.05, 4.69) is 32.5 Å². The number of nitrogens with zero attached hydrogens (tertiary/aromatic N) is 1. The monoisotopic (exact) mass is 219 g/mol. The van der Waals surface area contributed by atoms with Gasteiger partial charge >= 0.3 is 0 Å². The molecule has 0 radical (unpaired) electrons. The van der Waals surface area contributed by atoms with Crippen molar-refractivity contribution in [2.24, 2.45) is 5.92 Å². The molecular formula is C14H21NO. The van der Waals surface area contributed by atoms with Crippen LogP contribution in [0.5, 0.6) is 5.75 Å². The molecule has 2 nitrogen and oxygen atoms in total. The average Bonchev–Trinajstić information content (AvgIpc) is 2.17. The minimum absolute atomic E-state index is 0.287. The minimum atomic E-state index is 0.287. The summed E-state index contributed by atoms with van der Waals surface area (Å²) in [6.07, 6.45) is 1.96.